The first-order valence-electron chi connectivity index (χ1n) is 6.16. The number of nitrogens with zero attached hydrogens (tertiary/aromatic N) is 2. The predicted octanol–water partition coefficient (Wildman–Crippen LogP) is 1.34. The Balaban J connectivity index is 2.15. The van der Waals surface area contributed by atoms with Crippen molar-refractivity contribution in [2.24, 2.45) is 0 Å². The van der Waals surface area contributed by atoms with Crippen LogP contribution in [0.3, 0.4) is 0 Å². The van der Waals surface area contributed by atoms with Crippen molar-refractivity contribution < 1.29 is 14.3 Å². The second-order valence-corrected chi connectivity index (χ2v) is 4.21. The summed E-state index contributed by atoms with van der Waals surface area (Å²) in [6.45, 7) is 3.90. The molecule has 5 nitrogen and oxygen atoms in total. The molecule has 0 spiro atoms. The van der Waals surface area contributed by atoms with E-state index in [2.05, 4.69) is 11.9 Å². The van der Waals surface area contributed by atoms with E-state index in [1.165, 1.54) is 7.11 Å². The number of pyridine rings is 1. The number of aromatic nitrogens is 1. The third-order valence-corrected chi connectivity index (χ3v) is 3.08. The van der Waals surface area contributed by atoms with Crippen LogP contribution in [0.25, 0.3) is 0 Å². The summed E-state index contributed by atoms with van der Waals surface area (Å²) in [5.41, 5.74) is 0.511. The predicted molar refractivity (Wildman–Crippen MR) is 66.7 cm³/mol. The lowest BCUT2D eigenvalue weighted by Gasteiger charge is -2.32. The van der Waals surface area contributed by atoms with Gasteiger partial charge in [0.1, 0.15) is 5.56 Å². The van der Waals surface area contributed by atoms with E-state index in [9.17, 15) is 4.79 Å². The molecule has 98 valence electrons. The summed E-state index contributed by atoms with van der Waals surface area (Å²) in [5.74, 6) is 0.337. The Kier molecular flexibility index (Phi) is 4.15. The number of rotatable bonds is 3. The number of carbonyl (C=O) groups excluding carboxylic acids is 1. The molecule has 0 saturated carbocycles. The molecule has 5 heteroatoms. The third kappa shape index (κ3) is 2.61. The number of ether oxygens (including phenoxy) is 2. The summed E-state index contributed by atoms with van der Waals surface area (Å²) in [5, 5.41) is 0. The number of morpholine rings is 1. The van der Waals surface area contributed by atoms with Crippen molar-refractivity contribution in [1.29, 1.82) is 0 Å². The lowest BCUT2D eigenvalue weighted by atomic mass is 10.2. The summed E-state index contributed by atoms with van der Waals surface area (Å²) in [6.07, 6.45) is 2.66. The molecular weight excluding hydrogens is 232 g/mol. The number of hydrogen-bond donors (Lipinski definition) is 0. The Morgan fingerprint density at radius 3 is 3.22 bits per heavy atom. The van der Waals surface area contributed by atoms with Gasteiger partial charge in [-0.25, -0.2) is 4.98 Å². The first kappa shape index (κ1) is 12.8. The van der Waals surface area contributed by atoms with Gasteiger partial charge in [0.15, 0.2) is 0 Å². The second kappa shape index (κ2) is 5.82. The van der Waals surface area contributed by atoms with Gasteiger partial charge in [-0.05, 0) is 18.6 Å². The van der Waals surface area contributed by atoms with Crippen molar-refractivity contribution in [2.45, 2.75) is 19.4 Å². The van der Waals surface area contributed by atoms with Crippen molar-refractivity contribution in [2.75, 3.05) is 26.8 Å². The lowest BCUT2D eigenvalue weighted by molar-refractivity contribution is -0.0227. The third-order valence-electron chi connectivity index (χ3n) is 3.08. The molecule has 0 aromatic carbocycles. The average Bonchev–Trinajstić information content (AvgIpc) is 2.46. The van der Waals surface area contributed by atoms with Gasteiger partial charge in [0.2, 0.25) is 5.88 Å². The largest absolute Gasteiger partial charge is 0.480 e. The highest BCUT2D eigenvalue weighted by atomic mass is 16.5. The van der Waals surface area contributed by atoms with Gasteiger partial charge >= 0.3 is 0 Å². The van der Waals surface area contributed by atoms with Gasteiger partial charge in [-0.1, -0.05) is 6.92 Å². The highest BCUT2D eigenvalue weighted by Crippen LogP contribution is 2.18. The van der Waals surface area contributed by atoms with E-state index in [1.807, 2.05) is 0 Å². The van der Waals surface area contributed by atoms with Gasteiger partial charge in [-0.15, -0.1) is 0 Å². The maximum atomic E-state index is 12.4. The van der Waals surface area contributed by atoms with Crippen molar-refractivity contribution >= 4 is 5.91 Å². The van der Waals surface area contributed by atoms with E-state index in [0.717, 1.165) is 6.42 Å². The molecule has 1 aromatic rings. The van der Waals surface area contributed by atoms with Gasteiger partial charge in [0.25, 0.3) is 5.91 Å². The van der Waals surface area contributed by atoms with E-state index < -0.39 is 0 Å². The maximum Gasteiger partial charge on any atom is 0.259 e. The van der Waals surface area contributed by atoms with Crippen LogP contribution < -0.4 is 4.74 Å². The molecule has 2 rings (SSSR count). The monoisotopic (exact) mass is 250 g/mol. The maximum absolute atomic E-state index is 12.4. The fraction of sp³-hybridized carbons (Fsp3) is 0.538. The van der Waals surface area contributed by atoms with Crippen LogP contribution in [0.2, 0.25) is 0 Å². The topological polar surface area (TPSA) is 51.7 Å². The summed E-state index contributed by atoms with van der Waals surface area (Å²) in [4.78, 5) is 18.2. The average molecular weight is 250 g/mol. The van der Waals surface area contributed by atoms with Crippen molar-refractivity contribution in [3.05, 3.63) is 23.9 Å². The smallest absolute Gasteiger partial charge is 0.259 e. The molecule has 1 saturated heterocycles. The highest BCUT2D eigenvalue weighted by Gasteiger charge is 2.26. The standard InChI is InChI=1S/C13H18N2O3/c1-3-10-9-15(7-8-18-10)13(16)11-5-4-6-14-12(11)17-2/h4-6,10H,3,7-9H2,1-2H3. The molecule has 1 aliphatic heterocycles. The summed E-state index contributed by atoms with van der Waals surface area (Å²) >= 11 is 0. The zero-order valence-electron chi connectivity index (χ0n) is 10.8. The zero-order chi connectivity index (χ0) is 13.0. The molecule has 18 heavy (non-hydrogen) atoms. The summed E-state index contributed by atoms with van der Waals surface area (Å²) < 4.78 is 10.7. The fourth-order valence-corrected chi connectivity index (χ4v) is 2.04. The summed E-state index contributed by atoms with van der Waals surface area (Å²) in [7, 11) is 1.52. The highest BCUT2D eigenvalue weighted by molar-refractivity contribution is 5.96. The Labute approximate surface area is 107 Å². The quantitative estimate of drug-likeness (QED) is 0.812. The van der Waals surface area contributed by atoms with Gasteiger partial charge < -0.3 is 14.4 Å². The van der Waals surface area contributed by atoms with Crippen LogP contribution in [0.1, 0.15) is 23.7 Å². The Bertz CT molecular complexity index is 422. The van der Waals surface area contributed by atoms with E-state index in [0.29, 0.717) is 31.1 Å². The van der Waals surface area contributed by atoms with Crippen LogP contribution in [0.4, 0.5) is 0 Å². The molecule has 1 unspecified atom stereocenters. The number of hydrogen-bond acceptors (Lipinski definition) is 4. The van der Waals surface area contributed by atoms with Crippen molar-refractivity contribution in [3.8, 4) is 5.88 Å². The molecule has 1 aliphatic rings. The zero-order valence-corrected chi connectivity index (χ0v) is 10.8. The minimum Gasteiger partial charge on any atom is -0.480 e. The Morgan fingerprint density at radius 2 is 2.50 bits per heavy atom. The van der Waals surface area contributed by atoms with E-state index in [4.69, 9.17) is 9.47 Å². The normalized spacial score (nSPS) is 19.7. The molecule has 0 radical (unpaired) electrons. The summed E-state index contributed by atoms with van der Waals surface area (Å²) in [6, 6.07) is 3.48. The van der Waals surface area contributed by atoms with Crippen molar-refractivity contribution in [3.63, 3.8) is 0 Å². The molecule has 0 aliphatic carbocycles. The number of amides is 1. The fourth-order valence-electron chi connectivity index (χ4n) is 2.04. The molecule has 2 heterocycles. The van der Waals surface area contributed by atoms with E-state index in [-0.39, 0.29) is 12.0 Å². The van der Waals surface area contributed by atoms with Gasteiger partial charge in [0.05, 0.1) is 19.8 Å². The second-order valence-electron chi connectivity index (χ2n) is 4.21. The minimum absolute atomic E-state index is 0.0401. The molecule has 1 fully saturated rings. The minimum atomic E-state index is -0.0401. The SMILES string of the molecule is CCC1CN(C(=O)c2cccnc2OC)CCO1. The van der Waals surface area contributed by atoms with Crippen LogP contribution in [0, 0.1) is 0 Å². The Hall–Kier alpha value is -1.62. The molecular formula is C13H18N2O3. The first-order valence-corrected chi connectivity index (χ1v) is 6.16. The van der Waals surface area contributed by atoms with E-state index >= 15 is 0 Å². The molecule has 1 atom stereocenters. The van der Waals surface area contributed by atoms with Gasteiger partial charge in [0, 0.05) is 19.3 Å². The van der Waals surface area contributed by atoms with Gasteiger partial charge in [-0.2, -0.15) is 0 Å². The van der Waals surface area contributed by atoms with Crippen LogP contribution in [0.15, 0.2) is 18.3 Å². The van der Waals surface area contributed by atoms with Crippen LogP contribution in [0.5, 0.6) is 5.88 Å². The van der Waals surface area contributed by atoms with Crippen LogP contribution in [-0.4, -0.2) is 48.7 Å². The van der Waals surface area contributed by atoms with Crippen LogP contribution >= 0.6 is 0 Å². The number of methoxy groups -OCH3 is 1. The molecule has 0 N–H and O–H groups in total. The first-order chi connectivity index (χ1) is 8.76. The number of carbonyl (C=O) groups is 1. The van der Waals surface area contributed by atoms with E-state index in [1.54, 1.807) is 23.2 Å². The van der Waals surface area contributed by atoms with Gasteiger partial charge in [-0.3, -0.25) is 4.79 Å². The molecule has 0 bridgehead atoms. The van der Waals surface area contributed by atoms with Crippen LogP contribution in [-0.2, 0) is 4.74 Å². The Morgan fingerprint density at radius 1 is 1.67 bits per heavy atom. The lowest BCUT2D eigenvalue weighted by Crippen LogP contribution is -2.45. The molecule has 1 aromatic heterocycles. The molecule has 1 amide bonds. The van der Waals surface area contributed by atoms with Crippen molar-refractivity contribution in [1.82, 2.24) is 9.88 Å².